The number of ketones is 1. The van der Waals surface area contributed by atoms with Gasteiger partial charge >= 0.3 is 0 Å². The summed E-state index contributed by atoms with van der Waals surface area (Å²) in [5.41, 5.74) is 0.497. The van der Waals surface area contributed by atoms with Gasteiger partial charge in [0.15, 0.2) is 10.9 Å². The first-order valence-electron chi connectivity index (χ1n) is 8.09. The van der Waals surface area contributed by atoms with Gasteiger partial charge in [0.1, 0.15) is 4.83 Å². The van der Waals surface area contributed by atoms with Crippen LogP contribution < -0.4 is 5.56 Å². The second-order valence-electron chi connectivity index (χ2n) is 5.60. The summed E-state index contributed by atoms with van der Waals surface area (Å²) in [7, 11) is 0. The van der Waals surface area contributed by atoms with Gasteiger partial charge in [-0.3, -0.25) is 14.2 Å². The number of rotatable bonds is 7. The van der Waals surface area contributed by atoms with Crippen molar-refractivity contribution in [1.82, 2.24) is 9.55 Å². The molecule has 1 aromatic carbocycles. The fourth-order valence-corrected chi connectivity index (χ4v) is 4.51. The maximum absolute atomic E-state index is 12.8. The van der Waals surface area contributed by atoms with E-state index >= 15 is 0 Å². The van der Waals surface area contributed by atoms with Crippen molar-refractivity contribution in [2.24, 2.45) is 0 Å². The monoisotopic (exact) mass is 404 g/mol. The van der Waals surface area contributed by atoms with E-state index in [9.17, 15) is 9.59 Å². The molecule has 0 saturated carbocycles. The smallest absolute Gasteiger partial charge is 0.263 e. The van der Waals surface area contributed by atoms with E-state index in [2.05, 4.69) is 11.6 Å². The Hall–Kier alpha value is -1.89. The van der Waals surface area contributed by atoms with Crippen molar-refractivity contribution in [2.75, 3.05) is 5.75 Å². The van der Waals surface area contributed by atoms with Crippen LogP contribution in [0.2, 0.25) is 5.02 Å². The summed E-state index contributed by atoms with van der Waals surface area (Å²) in [5, 5.41) is 1.75. The molecule has 2 heterocycles. The van der Waals surface area contributed by atoms with E-state index < -0.39 is 0 Å². The Bertz CT molecular complexity index is 1020. The number of hydrogen-bond donors (Lipinski definition) is 0. The van der Waals surface area contributed by atoms with Gasteiger partial charge in [-0.1, -0.05) is 36.4 Å². The molecule has 0 bridgehead atoms. The third kappa shape index (κ3) is 3.92. The van der Waals surface area contributed by atoms with Crippen molar-refractivity contribution in [3.63, 3.8) is 0 Å². The van der Waals surface area contributed by atoms with Gasteiger partial charge in [-0.15, -0.1) is 17.9 Å². The first-order valence-corrected chi connectivity index (χ1v) is 10.3. The van der Waals surface area contributed by atoms with Gasteiger partial charge in [-0.25, -0.2) is 4.98 Å². The van der Waals surface area contributed by atoms with Crippen LogP contribution in [-0.4, -0.2) is 21.1 Å². The largest absolute Gasteiger partial charge is 0.293 e. The average Bonchev–Trinajstić information content (AvgIpc) is 3.06. The number of fused-ring (bicyclic) bond motifs is 1. The van der Waals surface area contributed by atoms with E-state index in [-0.39, 0.29) is 17.1 Å². The Kier molecular flexibility index (Phi) is 5.96. The molecule has 0 amide bonds. The fraction of sp³-hybridized carbons (Fsp3) is 0.211. The summed E-state index contributed by atoms with van der Waals surface area (Å²) in [4.78, 5) is 31.7. The van der Waals surface area contributed by atoms with Gasteiger partial charge in [-0.2, -0.15) is 0 Å². The summed E-state index contributed by atoms with van der Waals surface area (Å²) in [6.07, 6.45) is 2.52. The molecule has 0 aliphatic rings. The number of carbonyl (C=O) groups excluding carboxylic acids is 1. The summed E-state index contributed by atoms with van der Waals surface area (Å²) < 4.78 is 1.57. The van der Waals surface area contributed by atoms with Gasteiger partial charge < -0.3 is 0 Å². The van der Waals surface area contributed by atoms with E-state index in [4.69, 9.17) is 11.6 Å². The number of Topliss-reactive ketones (excluding diaryl/α,β-unsaturated/α-hetero) is 1. The highest BCUT2D eigenvalue weighted by atomic mass is 35.5. The van der Waals surface area contributed by atoms with Gasteiger partial charge in [0, 0.05) is 22.0 Å². The molecule has 134 valence electrons. The number of thiophene rings is 1. The molecular weight excluding hydrogens is 388 g/mol. The Morgan fingerprint density at radius 1 is 1.38 bits per heavy atom. The number of halogens is 1. The summed E-state index contributed by atoms with van der Waals surface area (Å²) in [6.45, 7) is 6.12. The van der Waals surface area contributed by atoms with Crippen molar-refractivity contribution >= 4 is 50.7 Å². The number of nitrogens with zero attached hydrogens (tertiary/aromatic N) is 2. The lowest BCUT2D eigenvalue weighted by atomic mass is 10.1. The van der Waals surface area contributed by atoms with Crippen molar-refractivity contribution in [1.29, 1.82) is 0 Å². The highest BCUT2D eigenvalue weighted by Gasteiger charge is 2.15. The van der Waals surface area contributed by atoms with Crippen LogP contribution in [0.15, 0.2) is 52.9 Å². The van der Waals surface area contributed by atoms with Crippen LogP contribution in [0.25, 0.3) is 10.2 Å². The molecule has 0 fully saturated rings. The minimum absolute atomic E-state index is 0.0356. The van der Waals surface area contributed by atoms with Crippen LogP contribution in [0.5, 0.6) is 0 Å². The van der Waals surface area contributed by atoms with Crippen LogP contribution in [-0.2, 0) is 13.0 Å². The minimum Gasteiger partial charge on any atom is -0.293 e. The predicted molar refractivity (Wildman–Crippen MR) is 110 cm³/mol. The van der Waals surface area contributed by atoms with Crippen LogP contribution >= 0.6 is 34.7 Å². The number of aryl methyl sites for hydroxylation is 1. The average molecular weight is 405 g/mol. The fourth-order valence-electron chi connectivity index (χ4n) is 2.47. The molecule has 7 heteroatoms. The first kappa shape index (κ1) is 18.9. The van der Waals surface area contributed by atoms with Crippen LogP contribution in [0, 0.1) is 0 Å². The zero-order valence-electron chi connectivity index (χ0n) is 14.2. The quantitative estimate of drug-likeness (QED) is 0.245. The molecule has 0 spiro atoms. The van der Waals surface area contributed by atoms with E-state index in [0.717, 1.165) is 11.3 Å². The van der Waals surface area contributed by atoms with Gasteiger partial charge in [0.25, 0.3) is 5.56 Å². The molecule has 0 aliphatic carbocycles. The van der Waals surface area contributed by atoms with Crippen LogP contribution in [0.4, 0.5) is 0 Å². The number of benzene rings is 1. The molecule has 0 atom stereocenters. The number of allylic oxidation sites excluding steroid dienone is 1. The zero-order chi connectivity index (χ0) is 18.7. The molecule has 2 aromatic heterocycles. The second-order valence-corrected chi connectivity index (χ2v) is 8.10. The molecule has 0 radical (unpaired) electrons. The van der Waals surface area contributed by atoms with Crippen molar-refractivity contribution in [3.05, 3.63) is 68.8 Å². The lowest BCUT2D eigenvalue weighted by Crippen LogP contribution is -2.22. The maximum atomic E-state index is 12.8. The topological polar surface area (TPSA) is 52.0 Å². The molecule has 3 rings (SSSR count). The lowest BCUT2D eigenvalue weighted by molar-refractivity contribution is 0.102. The molecule has 0 saturated heterocycles. The Labute approximate surface area is 164 Å². The Morgan fingerprint density at radius 2 is 2.12 bits per heavy atom. The molecule has 26 heavy (non-hydrogen) atoms. The van der Waals surface area contributed by atoms with E-state index in [1.807, 2.05) is 13.0 Å². The molecule has 4 nitrogen and oxygen atoms in total. The van der Waals surface area contributed by atoms with Crippen molar-refractivity contribution < 1.29 is 4.79 Å². The number of carbonyl (C=O) groups is 1. The molecule has 0 aliphatic heterocycles. The van der Waals surface area contributed by atoms with E-state index in [0.29, 0.717) is 32.5 Å². The van der Waals surface area contributed by atoms with Gasteiger partial charge in [0.2, 0.25) is 0 Å². The summed E-state index contributed by atoms with van der Waals surface area (Å²) >= 11 is 8.65. The van der Waals surface area contributed by atoms with Crippen LogP contribution in [0.3, 0.4) is 0 Å². The Balaban J connectivity index is 1.91. The number of hydrogen-bond acceptors (Lipinski definition) is 5. The van der Waals surface area contributed by atoms with Gasteiger partial charge in [-0.05, 0) is 36.8 Å². The third-order valence-electron chi connectivity index (χ3n) is 3.83. The SMILES string of the molecule is C=CCn1c(SCC(=O)c2ccc(Cl)cc2)nc2sc(CC)cc2c1=O. The predicted octanol–water partition coefficient (Wildman–Crippen LogP) is 4.83. The minimum atomic E-state index is -0.0905. The van der Waals surface area contributed by atoms with Crippen molar-refractivity contribution in [2.45, 2.75) is 25.0 Å². The molecule has 0 N–H and O–H groups in total. The van der Waals surface area contributed by atoms with Crippen molar-refractivity contribution in [3.8, 4) is 0 Å². The standard InChI is InChI=1S/C19H17ClN2O2S2/c1-3-9-22-18(24)15-10-14(4-2)26-17(15)21-19(22)25-11-16(23)12-5-7-13(20)8-6-12/h3,5-8,10H,1,4,9,11H2,2H3. The zero-order valence-corrected chi connectivity index (χ0v) is 16.6. The van der Waals surface area contributed by atoms with E-state index in [1.54, 1.807) is 34.9 Å². The number of aromatic nitrogens is 2. The first-order chi connectivity index (χ1) is 12.5. The number of thioether (sulfide) groups is 1. The Morgan fingerprint density at radius 3 is 2.77 bits per heavy atom. The molecular formula is C19H17ClN2O2S2. The molecule has 0 unspecified atom stereocenters. The van der Waals surface area contributed by atoms with E-state index in [1.165, 1.54) is 23.1 Å². The van der Waals surface area contributed by atoms with Gasteiger partial charge in [0.05, 0.1) is 11.1 Å². The molecule has 3 aromatic rings. The third-order valence-corrected chi connectivity index (χ3v) is 6.23. The van der Waals surface area contributed by atoms with Crippen LogP contribution in [0.1, 0.15) is 22.2 Å². The highest BCUT2D eigenvalue weighted by molar-refractivity contribution is 7.99. The summed E-state index contributed by atoms with van der Waals surface area (Å²) in [6, 6.07) is 8.68. The summed E-state index contributed by atoms with van der Waals surface area (Å²) in [5.74, 6) is 0.162. The second kappa shape index (κ2) is 8.20. The highest BCUT2D eigenvalue weighted by Crippen LogP contribution is 2.25. The maximum Gasteiger partial charge on any atom is 0.263 e. The normalized spacial score (nSPS) is 11.0. The lowest BCUT2D eigenvalue weighted by Gasteiger charge is -2.09.